The number of nitrogens with zero attached hydrogens (tertiary/aromatic N) is 4. The van der Waals surface area contributed by atoms with Gasteiger partial charge in [-0.25, -0.2) is 4.98 Å². The summed E-state index contributed by atoms with van der Waals surface area (Å²) in [5.41, 5.74) is 5.73. The van der Waals surface area contributed by atoms with Crippen molar-refractivity contribution in [3.63, 3.8) is 0 Å². The standard InChI is InChI=1S/C17H15ClN4/c1-10-7-8-14-15(9-10)22-16(11(2)19-14)20-21-17(22)12-5-3-4-6-13(12)18/h5-9H,3-4H2,1-2H3. The molecule has 4 nitrogen and oxygen atoms in total. The number of allylic oxidation sites excluding steroid dienone is 4. The van der Waals surface area contributed by atoms with Gasteiger partial charge in [-0.3, -0.25) is 4.40 Å². The van der Waals surface area contributed by atoms with Crippen LogP contribution in [0, 0.1) is 13.8 Å². The average Bonchev–Trinajstić information content (AvgIpc) is 2.94. The van der Waals surface area contributed by atoms with Gasteiger partial charge in [-0.05, 0) is 44.4 Å². The van der Waals surface area contributed by atoms with Gasteiger partial charge in [0.25, 0.3) is 0 Å². The van der Waals surface area contributed by atoms with E-state index in [-0.39, 0.29) is 0 Å². The number of hydrogen-bond acceptors (Lipinski definition) is 3. The SMILES string of the molecule is Cc1ccc2nc(C)c3nnc(C4=CCCC=C4Cl)n3c2c1. The van der Waals surface area contributed by atoms with E-state index in [1.807, 2.05) is 19.1 Å². The summed E-state index contributed by atoms with van der Waals surface area (Å²) < 4.78 is 2.07. The van der Waals surface area contributed by atoms with Crippen molar-refractivity contribution in [1.29, 1.82) is 0 Å². The van der Waals surface area contributed by atoms with Crippen LogP contribution < -0.4 is 0 Å². The molecule has 3 aromatic rings. The second-order valence-corrected chi connectivity index (χ2v) is 6.03. The normalized spacial score (nSPS) is 15.2. The van der Waals surface area contributed by atoms with Gasteiger partial charge in [0, 0.05) is 10.6 Å². The van der Waals surface area contributed by atoms with E-state index >= 15 is 0 Å². The van der Waals surface area contributed by atoms with Gasteiger partial charge in [0.1, 0.15) is 0 Å². The molecule has 0 aliphatic heterocycles. The molecular weight excluding hydrogens is 296 g/mol. The highest BCUT2D eigenvalue weighted by molar-refractivity contribution is 6.36. The maximum Gasteiger partial charge on any atom is 0.183 e. The van der Waals surface area contributed by atoms with Crippen molar-refractivity contribution in [1.82, 2.24) is 19.6 Å². The zero-order chi connectivity index (χ0) is 15.3. The molecule has 0 unspecified atom stereocenters. The second-order valence-electron chi connectivity index (χ2n) is 5.62. The zero-order valence-corrected chi connectivity index (χ0v) is 13.2. The molecule has 0 radical (unpaired) electrons. The number of rotatable bonds is 1. The number of fused-ring (bicyclic) bond motifs is 3. The quantitative estimate of drug-likeness (QED) is 0.676. The van der Waals surface area contributed by atoms with Gasteiger partial charge in [-0.2, -0.15) is 0 Å². The number of halogens is 1. The Bertz CT molecular complexity index is 966. The highest BCUT2D eigenvalue weighted by Crippen LogP contribution is 2.31. The number of aromatic nitrogens is 4. The van der Waals surface area contributed by atoms with Crippen molar-refractivity contribution in [3.05, 3.63) is 52.5 Å². The van der Waals surface area contributed by atoms with Crippen molar-refractivity contribution >= 4 is 33.9 Å². The highest BCUT2D eigenvalue weighted by Gasteiger charge is 2.19. The van der Waals surface area contributed by atoms with Gasteiger partial charge in [-0.15, -0.1) is 10.2 Å². The van der Waals surface area contributed by atoms with Gasteiger partial charge in [0.05, 0.1) is 16.7 Å². The Labute approximate surface area is 133 Å². The fraction of sp³-hybridized carbons (Fsp3) is 0.235. The molecule has 0 atom stereocenters. The third-order valence-electron chi connectivity index (χ3n) is 3.98. The molecule has 22 heavy (non-hydrogen) atoms. The lowest BCUT2D eigenvalue weighted by molar-refractivity contribution is 1.01. The fourth-order valence-electron chi connectivity index (χ4n) is 2.90. The summed E-state index contributed by atoms with van der Waals surface area (Å²) in [5, 5.41) is 9.47. The van der Waals surface area contributed by atoms with Crippen LogP contribution in [-0.2, 0) is 0 Å². The van der Waals surface area contributed by atoms with Crippen LogP contribution in [0.2, 0.25) is 0 Å². The van der Waals surface area contributed by atoms with E-state index in [0.29, 0.717) is 0 Å². The Kier molecular flexibility index (Phi) is 3.01. The molecule has 0 amide bonds. The van der Waals surface area contributed by atoms with Gasteiger partial charge in [0.15, 0.2) is 11.5 Å². The Balaban J connectivity index is 2.13. The van der Waals surface area contributed by atoms with Crippen LogP contribution in [0.4, 0.5) is 0 Å². The van der Waals surface area contributed by atoms with E-state index in [1.165, 1.54) is 5.56 Å². The van der Waals surface area contributed by atoms with E-state index in [2.05, 4.69) is 44.7 Å². The summed E-state index contributed by atoms with van der Waals surface area (Å²) >= 11 is 6.39. The van der Waals surface area contributed by atoms with Gasteiger partial charge < -0.3 is 0 Å². The van der Waals surface area contributed by atoms with Gasteiger partial charge in [-0.1, -0.05) is 29.8 Å². The first kappa shape index (κ1) is 13.5. The number of benzene rings is 1. The van der Waals surface area contributed by atoms with E-state index in [4.69, 9.17) is 11.6 Å². The monoisotopic (exact) mass is 310 g/mol. The first-order valence-electron chi connectivity index (χ1n) is 7.34. The molecule has 2 heterocycles. The lowest BCUT2D eigenvalue weighted by atomic mass is 10.1. The third-order valence-corrected chi connectivity index (χ3v) is 4.34. The van der Waals surface area contributed by atoms with Crippen LogP contribution in [-0.4, -0.2) is 19.6 Å². The highest BCUT2D eigenvalue weighted by atomic mass is 35.5. The Morgan fingerprint density at radius 1 is 1.09 bits per heavy atom. The molecule has 0 saturated carbocycles. The summed E-state index contributed by atoms with van der Waals surface area (Å²) in [7, 11) is 0. The molecule has 1 aliphatic rings. The molecule has 0 N–H and O–H groups in total. The minimum atomic E-state index is 0.746. The molecule has 5 heteroatoms. The van der Waals surface area contributed by atoms with E-state index in [0.717, 1.165) is 51.6 Å². The Morgan fingerprint density at radius 3 is 2.73 bits per heavy atom. The van der Waals surface area contributed by atoms with Crippen molar-refractivity contribution in [2.75, 3.05) is 0 Å². The number of hydrogen-bond donors (Lipinski definition) is 0. The smallest absolute Gasteiger partial charge is 0.183 e. The zero-order valence-electron chi connectivity index (χ0n) is 12.5. The van der Waals surface area contributed by atoms with Crippen molar-refractivity contribution in [2.24, 2.45) is 0 Å². The molecule has 1 aliphatic carbocycles. The molecule has 0 spiro atoms. The van der Waals surface area contributed by atoms with Crippen LogP contribution >= 0.6 is 11.6 Å². The molecule has 0 fully saturated rings. The van der Waals surface area contributed by atoms with Crippen LogP contribution in [0.5, 0.6) is 0 Å². The summed E-state index contributed by atoms with van der Waals surface area (Å²) in [5.74, 6) is 0.789. The average molecular weight is 311 g/mol. The van der Waals surface area contributed by atoms with Gasteiger partial charge >= 0.3 is 0 Å². The fourth-order valence-corrected chi connectivity index (χ4v) is 3.17. The molecule has 2 aromatic heterocycles. The van der Waals surface area contributed by atoms with E-state index < -0.39 is 0 Å². The lowest BCUT2D eigenvalue weighted by Gasteiger charge is -2.11. The molecular formula is C17H15ClN4. The van der Waals surface area contributed by atoms with Crippen LogP contribution in [0.25, 0.3) is 22.3 Å². The summed E-state index contributed by atoms with van der Waals surface area (Å²) in [6, 6.07) is 6.22. The maximum atomic E-state index is 6.39. The van der Waals surface area contributed by atoms with Crippen molar-refractivity contribution in [3.8, 4) is 0 Å². The number of aryl methyl sites for hydroxylation is 2. The topological polar surface area (TPSA) is 43.1 Å². The maximum absolute atomic E-state index is 6.39. The molecule has 110 valence electrons. The van der Waals surface area contributed by atoms with E-state index in [1.54, 1.807) is 0 Å². The predicted molar refractivity (Wildman–Crippen MR) is 88.9 cm³/mol. The molecule has 4 rings (SSSR count). The summed E-state index contributed by atoms with van der Waals surface area (Å²) in [6.45, 7) is 4.03. The molecule has 0 saturated heterocycles. The lowest BCUT2D eigenvalue weighted by Crippen LogP contribution is -2.01. The van der Waals surface area contributed by atoms with Gasteiger partial charge in [0.2, 0.25) is 0 Å². The first-order valence-corrected chi connectivity index (χ1v) is 7.71. The predicted octanol–water partition coefficient (Wildman–Crippen LogP) is 4.19. The van der Waals surface area contributed by atoms with E-state index in [9.17, 15) is 0 Å². The van der Waals surface area contributed by atoms with Crippen molar-refractivity contribution < 1.29 is 0 Å². The molecule has 0 bridgehead atoms. The minimum absolute atomic E-state index is 0.746. The minimum Gasteiger partial charge on any atom is -0.272 e. The Morgan fingerprint density at radius 2 is 1.91 bits per heavy atom. The van der Waals surface area contributed by atoms with Crippen LogP contribution in [0.3, 0.4) is 0 Å². The summed E-state index contributed by atoms with van der Waals surface area (Å²) in [6.07, 6.45) is 6.12. The largest absolute Gasteiger partial charge is 0.272 e. The van der Waals surface area contributed by atoms with Crippen LogP contribution in [0.1, 0.15) is 29.9 Å². The third kappa shape index (κ3) is 1.95. The molecule has 1 aromatic carbocycles. The first-order chi connectivity index (χ1) is 10.6. The Hall–Kier alpha value is -2.20. The second kappa shape index (κ2) is 4.92. The van der Waals surface area contributed by atoms with Crippen molar-refractivity contribution in [2.45, 2.75) is 26.7 Å². The summed E-state index contributed by atoms with van der Waals surface area (Å²) in [4.78, 5) is 4.63. The van der Waals surface area contributed by atoms with Crippen LogP contribution in [0.15, 0.2) is 35.4 Å².